The van der Waals surface area contributed by atoms with Gasteiger partial charge in [0.15, 0.2) is 5.69 Å². The Hall–Kier alpha value is -1.89. The first-order valence-electron chi connectivity index (χ1n) is 5.21. The molecule has 0 saturated heterocycles. The van der Waals surface area contributed by atoms with Crippen LogP contribution in [0, 0.1) is 0 Å². The van der Waals surface area contributed by atoms with Gasteiger partial charge in [0.1, 0.15) is 0 Å². The molecule has 0 atom stereocenters. The van der Waals surface area contributed by atoms with Crippen LogP contribution in [0.25, 0.3) is 0 Å². The molecule has 0 bridgehead atoms. The van der Waals surface area contributed by atoms with E-state index in [1.807, 2.05) is 18.9 Å². The van der Waals surface area contributed by atoms with E-state index in [9.17, 15) is 9.59 Å². The molecule has 0 spiro atoms. The molecule has 0 fully saturated rings. The molecule has 0 unspecified atom stereocenters. The standard InChI is InChI=1S/C10H15N3O4/c1-3-13(2)5-4-11-9(14)7-6-8(10(15)16)17-12-7/h6H,3-5H2,1-2H3,(H,11,14)(H,15,16). The van der Waals surface area contributed by atoms with E-state index in [1.54, 1.807) is 0 Å². The van der Waals surface area contributed by atoms with Crippen molar-refractivity contribution in [2.75, 3.05) is 26.7 Å². The van der Waals surface area contributed by atoms with Gasteiger partial charge in [-0.1, -0.05) is 12.1 Å². The zero-order valence-corrected chi connectivity index (χ0v) is 9.77. The first-order valence-corrected chi connectivity index (χ1v) is 5.21. The van der Waals surface area contributed by atoms with Gasteiger partial charge in [-0.05, 0) is 13.6 Å². The molecule has 7 heteroatoms. The van der Waals surface area contributed by atoms with Crippen molar-refractivity contribution in [1.29, 1.82) is 0 Å². The Bertz CT molecular complexity index is 402. The lowest BCUT2D eigenvalue weighted by molar-refractivity contribution is 0.0651. The first-order chi connectivity index (χ1) is 8.04. The molecule has 94 valence electrons. The van der Waals surface area contributed by atoms with Gasteiger partial charge in [0.25, 0.3) is 5.91 Å². The number of carboxylic acid groups (broad SMARTS) is 1. The van der Waals surface area contributed by atoms with Crippen LogP contribution in [0.5, 0.6) is 0 Å². The third kappa shape index (κ3) is 3.87. The summed E-state index contributed by atoms with van der Waals surface area (Å²) >= 11 is 0. The number of carboxylic acids is 1. The molecule has 17 heavy (non-hydrogen) atoms. The number of aromatic carboxylic acids is 1. The van der Waals surface area contributed by atoms with Gasteiger partial charge in [-0.2, -0.15) is 0 Å². The topological polar surface area (TPSA) is 95.7 Å². The number of amides is 1. The van der Waals surface area contributed by atoms with Gasteiger partial charge >= 0.3 is 5.97 Å². The Kier molecular flexibility index (Phi) is 4.65. The third-order valence-corrected chi connectivity index (χ3v) is 2.27. The normalized spacial score (nSPS) is 10.5. The fraction of sp³-hybridized carbons (Fsp3) is 0.500. The van der Waals surface area contributed by atoms with Crippen molar-refractivity contribution in [1.82, 2.24) is 15.4 Å². The number of nitrogens with one attached hydrogen (secondary N) is 1. The number of carbonyl (C=O) groups excluding carboxylic acids is 1. The highest BCUT2D eigenvalue weighted by Gasteiger charge is 2.15. The average molecular weight is 241 g/mol. The monoisotopic (exact) mass is 241 g/mol. The highest BCUT2D eigenvalue weighted by atomic mass is 16.5. The van der Waals surface area contributed by atoms with Crippen LogP contribution in [-0.4, -0.2) is 53.7 Å². The molecule has 0 aliphatic heterocycles. The van der Waals surface area contributed by atoms with Gasteiger partial charge < -0.3 is 19.8 Å². The summed E-state index contributed by atoms with van der Waals surface area (Å²) in [7, 11) is 1.94. The summed E-state index contributed by atoms with van der Waals surface area (Å²) in [5.41, 5.74) is -0.0263. The van der Waals surface area contributed by atoms with Gasteiger partial charge in [0, 0.05) is 19.2 Å². The summed E-state index contributed by atoms with van der Waals surface area (Å²) in [6, 6.07) is 1.10. The van der Waals surface area contributed by atoms with Crippen LogP contribution in [0.2, 0.25) is 0 Å². The summed E-state index contributed by atoms with van der Waals surface area (Å²) in [5, 5.41) is 14.6. The number of nitrogens with zero attached hydrogens (tertiary/aromatic N) is 2. The molecule has 0 radical (unpaired) electrons. The summed E-state index contributed by atoms with van der Waals surface area (Å²) in [4.78, 5) is 24.0. The third-order valence-electron chi connectivity index (χ3n) is 2.27. The quantitative estimate of drug-likeness (QED) is 0.730. The number of rotatable bonds is 6. The van der Waals surface area contributed by atoms with Crippen molar-refractivity contribution < 1.29 is 19.2 Å². The Morgan fingerprint density at radius 1 is 1.59 bits per heavy atom. The number of likely N-dealkylation sites (N-methyl/N-ethyl adjacent to an activating group) is 1. The van der Waals surface area contributed by atoms with E-state index in [2.05, 4.69) is 15.0 Å². The van der Waals surface area contributed by atoms with Crippen molar-refractivity contribution in [3.63, 3.8) is 0 Å². The maximum Gasteiger partial charge on any atom is 0.374 e. The second-order valence-corrected chi connectivity index (χ2v) is 3.53. The Morgan fingerprint density at radius 2 is 2.29 bits per heavy atom. The van der Waals surface area contributed by atoms with E-state index in [4.69, 9.17) is 5.11 Å². The van der Waals surface area contributed by atoms with Gasteiger partial charge in [0.05, 0.1) is 0 Å². The molecule has 7 nitrogen and oxygen atoms in total. The van der Waals surface area contributed by atoms with Crippen molar-refractivity contribution in [3.8, 4) is 0 Å². The molecule has 1 aromatic heterocycles. The summed E-state index contributed by atoms with van der Waals surface area (Å²) in [6.45, 7) is 4.09. The fourth-order valence-corrected chi connectivity index (χ4v) is 1.09. The van der Waals surface area contributed by atoms with E-state index in [-0.39, 0.29) is 11.5 Å². The van der Waals surface area contributed by atoms with Gasteiger partial charge in [-0.25, -0.2) is 4.79 Å². The van der Waals surface area contributed by atoms with E-state index in [1.165, 1.54) is 0 Å². The minimum Gasteiger partial charge on any atom is -0.475 e. The summed E-state index contributed by atoms with van der Waals surface area (Å²) < 4.78 is 4.48. The van der Waals surface area contributed by atoms with Crippen LogP contribution in [0.15, 0.2) is 10.6 Å². The van der Waals surface area contributed by atoms with E-state index in [0.29, 0.717) is 13.1 Å². The van der Waals surface area contributed by atoms with Gasteiger partial charge in [-0.3, -0.25) is 4.79 Å². The van der Waals surface area contributed by atoms with Gasteiger partial charge in [-0.15, -0.1) is 0 Å². The van der Waals surface area contributed by atoms with E-state index >= 15 is 0 Å². The zero-order valence-electron chi connectivity index (χ0n) is 9.77. The predicted molar refractivity (Wildman–Crippen MR) is 59.0 cm³/mol. The maximum absolute atomic E-state index is 11.5. The summed E-state index contributed by atoms with van der Waals surface area (Å²) in [5.74, 6) is -2.03. The minimum absolute atomic E-state index is 0.0263. The number of hydrogen-bond donors (Lipinski definition) is 2. The molecule has 0 aliphatic rings. The Balaban J connectivity index is 2.44. The van der Waals surface area contributed by atoms with Crippen LogP contribution in [0.3, 0.4) is 0 Å². The second-order valence-electron chi connectivity index (χ2n) is 3.53. The minimum atomic E-state index is -1.25. The number of aromatic nitrogens is 1. The lowest BCUT2D eigenvalue weighted by Crippen LogP contribution is -2.33. The Labute approximate surface area is 98.4 Å². The fourth-order valence-electron chi connectivity index (χ4n) is 1.09. The summed E-state index contributed by atoms with van der Waals surface area (Å²) in [6.07, 6.45) is 0. The van der Waals surface area contributed by atoms with Crippen LogP contribution in [-0.2, 0) is 0 Å². The van der Waals surface area contributed by atoms with Crippen LogP contribution < -0.4 is 5.32 Å². The smallest absolute Gasteiger partial charge is 0.374 e. The van der Waals surface area contributed by atoms with Crippen LogP contribution in [0.1, 0.15) is 28.0 Å². The lowest BCUT2D eigenvalue weighted by atomic mass is 10.3. The second kappa shape index (κ2) is 6.00. The maximum atomic E-state index is 11.5. The van der Waals surface area contributed by atoms with Crippen molar-refractivity contribution in [3.05, 3.63) is 17.5 Å². The molecule has 1 amide bonds. The first kappa shape index (κ1) is 13.2. The Morgan fingerprint density at radius 3 is 2.82 bits per heavy atom. The average Bonchev–Trinajstić information content (AvgIpc) is 2.78. The molecular formula is C10H15N3O4. The molecule has 0 aliphatic carbocycles. The zero-order chi connectivity index (χ0) is 12.8. The van der Waals surface area contributed by atoms with Crippen molar-refractivity contribution in [2.24, 2.45) is 0 Å². The molecule has 1 aromatic rings. The van der Waals surface area contributed by atoms with Crippen LogP contribution >= 0.6 is 0 Å². The molecule has 2 N–H and O–H groups in total. The largest absolute Gasteiger partial charge is 0.475 e. The predicted octanol–water partition coefficient (Wildman–Crippen LogP) is 0.0543. The van der Waals surface area contributed by atoms with Crippen molar-refractivity contribution in [2.45, 2.75) is 6.92 Å². The molecule has 1 rings (SSSR count). The van der Waals surface area contributed by atoms with E-state index in [0.717, 1.165) is 12.6 Å². The van der Waals surface area contributed by atoms with Crippen LogP contribution in [0.4, 0.5) is 0 Å². The van der Waals surface area contributed by atoms with Gasteiger partial charge in [0.2, 0.25) is 5.76 Å². The van der Waals surface area contributed by atoms with Crippen molar-refractivity contribution >= 4 is 11.9 Å². The molecular weight excluding hydrogens is 226 g/mol. The number of carbonyl (C=O) groups is 2. The highest BCUT2D eigenvalue weighted by molar-refractivity contribution is 5.94. The highest BCUT2D eigenvalue weighted by Crippen LogP contribution is 2.02. The molecule has 0 saturated carbocycles. The SMILES string of the molecule is CCN(C)CCNC(=O)c1cc(C(=O)O)on1. The molecule has 1 heterocycles. The van der Waals surface area contributed by atoms with E-state index < -0.39 is 11.9 Å². The lowest BCUT2D eigenvalue weighted by Gasteiger charge is -2.13. The molecule has 0 aromatic carbocycles. The number of hydrogen-bond acceptors (Lipinski definition) is 5.